The number of hydrogen-bond donors (Lipinski definition) is 1. The molecule has 0 aliphatic heterocycles. The summed E-state index contributed by atoms with van der Waals surface area (Å²) in [5, 5.41) is 8.91. The highest BCUT2D eigenvalue weighted by atomic mass is 35.5. The third-order valence-electron chi connectivity index (χ3n) is 3.39. The van der Waals surface area contributed by atoms with Gasteiger partial charge in [0.15, 0.2) is 0 Å². The maximum absolute atomic E-state index is 6.05. The lowest BCUT2D eigenvalue weighted by atomic mass is 10.1. The molecule has 0 aliphatic carbocycles. The van der Waals surface area contributed by atoms with E-state index in [1.54, 1.807) is 18.0 Å². The van der Waals surface area contributed by atoms with Crippen molar-refractivity contribution in [1.29, 1.82) is 0 Å². The molecule has 6 heteroatoms. The van der Waals surface area contributed by atoms with E-state index in [0.717, 1.165) is 28.3 Å². The van der Waals surface area contributed by atoms with Gasteiger partial charge in [-0.2, -0.15) is 10.2 Å². The number of halogens is 1. The zero-order valence-electron chi connectivity index (χ0n) is 12.5. The number of rotatable bonds is 4. The largest absolute Gasteiger partial charge is 0.497 e. The molecule has 3 rings (SSSR count). The molecule has 5 nitrogen and oxygen atoms in total. The predicted octanol–water partition coefficient (Wildman–Crippen LogP) is 3.49. The maximum atomic E-state index is 6.05. The number of methoxy groups -OCH3 is 1. The summed E-state index contributed by atoms with van der Waals surface area (Å²) in [6.07, 6.45) is 3.44. The van der Waals surface area contributed by atoms with Crippen molar-refractivity contribution in [1.82, 2.24) is 9.78 Å². The second-order valence-corrected chi connectivity index (χ2v) is 5.30. The van der Waals surface area contributed by atoms with Crippen LogP contribution in [0.1, 0.15) is 5.56 Å². The Kier molecular flexibility index (Phi) is 4.30. The fraction of sp³-hybridized carbons (Fsp3) is 0.0588. The molecule has 0 aliphatic rings. The van der Waals surface area contributed by atoms with Crippen LogP contribution in [0, 0.1) is 0 Å². The Morgan fingerprint density at radius 3 is 2.65 bits per heavy atom. The fourth-order valence-corrected chi connectivity index (χ4v) is 2.47. The van der Waals surface area contributed by atoms with Crippen LogP contribution in [0.5, 0.6) is 5.75 Å². The number of nitrogens with two attached hydrogens (primary N) is 1. The van der Waals surface area contributed by atoms with Gasteiger partial charge in [0, 0.05) is 22.3 Å². The van der Waals surface area contributed by atoms with Gasteiger partial charge in [0.1, 0.15) is 11.4 Å². The van der Waals surface area contributed by atoms with Gasteiger partial charge >= 0.3 is 0 Å². The van der Waals surface area contributed by atoms with E-state index in [9.17, 15) is 0 Å². The molecule has 0 atom stereocenters. The number of aromatic nitrogens is 2. The molecule has 1 heterocycles. The molecule has 0 unspecified atom stereocenters. The first-order chi connectivity index (χ1) is 11.2. The summed E-state index contributed by atoms with van der Waals surface area (Å²) in [7, 11) is 1.63. The van der Waals surface area contributed by atoms with E-state index in [0.29, 0.717) is 5.02 Å². The molecular formula is C17H15ClN4O. The highest BCUT2D eigenvalue weighted by Crippen LogP contribution is 2.25. The quantitative estimate of drug-likeness (QED) is 0.453. The van der Waals surface area contributed by atoms with E-state index in [4.69, 9.17) is 22.2 Å². The Labute approximate surface area is 139 Å². The van der Waals surface area contributed by atoms with Crippen LogP contribution in [0.3, 0.4) is 0 Å². The maximum Gasteiger partial charge on any atom is 0.118 e. The Hall–Kier alpha value is -2.79. The van der Waals surface area contributed by atoms with Crippen molar-refractivity contribution >= 4 is 17.8 Å². The summed E-state index contributed by atoms with van der Waals surface area (Å²) in [5.41, 5.74) is 3.41. The molecule has 1 aromatic heterocycles. The second-order valence-electron chi connectivity index (χ2n) is 4.86. The number of hydrogen-bond acceptors (Lipinski definition) is 4. The number of benzene rings is 2. The van der Waals surface area contributed by atoms with Crippen LogP contribution in [-0.4, -0.2) is 23.1 Å². The summed E-state index contributed by atoms with van der Waals surface area (Å²) < 4.78 is 6.94. The summed E-state index contributed by atoms with van der Waals surface area (Å²) in [5.74, 6) is 6.11. The van der Waals surface area contributed by atoms with Crippen molar-refractivity contribution < 1.29 is 4.74 Å². The van der Waals surface area contributed by atoms with Gasteiger partial charge in [0.25, 0.3) is 0 Å². The molecular weight excluding hydrogens is 312 g/mol. The van der Waals surface area contributed by atoms with Crippen molar-refractivity contribution in [3.8, 4) is 22.7 Å². The summed E-state index contributed by atoms with van der Waals surface area (Å²) in [4.78, 5) is 0. The van der Waals surface area contributed by atoms with Crippen LogP contribution in [-0.2, 0) is 0 Å². The Balaban J connectivity index is 2.08. The highest BCUT2D eigenvalue weighted by Gasteiger charge is 2.11. The summed E-state index contributed by atoms with van der Waals surface area (Å²) in [6, 6.07) is 15.1. The van der Waals surface area contributed by atoms with Crippen molar-refractivity contribution in [2.24, 2.45) is 10.9 Å². The molecule has 0 amide bonds. The smallest absolute Gasteiger partial charge is 0.118 e. The Bertz CT molecular complexity index is 840. The number of ether oxygens (including phenoxy) is 1. The van der Waals surface area contributed by atoms with Crippen molar-refractivity contribution in [2.75, 3.05) is 7.11 Å². The van der Waals surface area contributed by atoms with Gasteiger partial charge in [-0.15, -0.1) is 0 Å². The molecule has 0 bridgehead atoms. The SMILES string of the molecule is COc1ccc(-c2nn(-c3cccc(Cl)c3)cc2/C=N/N)cc1. The Morgan fingerprint density at radius 1 is 1.22 bits per heavy atom. The number of hydrazone groups is 1. The zero-order valence-corrected chi connectivity index (χ0v) is 13.2. The van der Waals surface area contributed by atoms with Crippen LogP contribution in [0.25, 0.3) is 16.9 Å². The first-order valence-corrected chi connectivity index (χ1v) is 7.32. The van der Waals surface area contributed by atoms with E-state index in [1.807, 2.05) is 54.7 Å². The van der Waals surface area contributed by atoms with Crippen molar-refractivity contribution in [2.45, 2.75) is 0 Å². The molecule has 0 fully saturated rings. The lowest BCUT2D eigenvalue weighted by molar-refractivity contribution is 0.415. The number of nitrogens with zero attached hydrogens (tertiary/aromatic N) is 3. The van der Waals surface area contributed by atoms with E-state index in [2.05, 4.69) is 10.2 Å². The lowest BCUT2D eigenvalue weighted by Crippen LogP contribution is -1.94. The van der Waals surface area contributed by atoms with E-state index >= 15 is 0 Å². The summed E-state index contributed by atoms with van der Waals surface area (Å²) in [6.45, 7) is 0. The second kappa shape index (κ2) is 6.54. The average Bonchev–Trinajstić information content (AvgIpc) is 2.99. The molecule has 0 spiro atoms. The zero-order chi connectivity index (χ0) is 16.2. The molecule has 0 radical (unpaired) electrons. The molecule has 0 saturated carbocycles. The predicted molar refractivity (Wildman–Crippen MR) is 92.3 cm³/mol. The fourth-order valence-electron chi connectivity index (χ4n) is 2.29. The minimum atomic E-state index is 0.651. The minimum Gasteiger partial charge on any atom is -0.497 e. The molecule has 23 heavy (non-hydrogen) atoms. The van der Waals surface area contributed by atoms with Gasteiger partial charge in [0.05, 0.1) is 19.0 Å². The molecule has 2 N–H and O–H groups in total. The van der Waals surface area contributed by atoms with E-state index < -0.39 is 0 Å². The normalized spacial score (nSPS) is 11.0. The van der Waals surface area contributed by atoms with Gasteiger partial charge in [-0.05, 0) is 42.5 Å². The van der Waals surface area contributed by atoms with E-state index in [-0.39, 0.29) is 0 Å². The standard InChI is InChI=1S/C17H15ClN4O/c1-23-16-7-5-12(6-8-16)17-13(10-20-19)11-22(21-17)15-4-2-3-14(18)9-15/h2-11H,19H2,1H3/b20-10+. The third-order valence-corrected chi connectivity index (χ3v) is 3.63. The van der Waals surface area contributed by atoms with Gasteiger partial charge in [0.2, 0.25) is 0 Å². The van der Waals surface area contributed by atoms with Crippen LogP contribution < -0.4 is 10.6 Å². The Morgan fingerprint density at radius 2 is 2.00 bits per heavy atom. The first kappa shape index (κ1) is 15.1. The monoisotopic (exact) mass is 326 g/mol. The van der Waals surface area contributed by atoms with Crippen LogP contribution >= 0.6 is 11.6 Å². The van der Waals surface area contributed by atoms with Gasteiger partial charge < -0.3 is 10.6 Å². The van der Waals surface area contributed by atoms with Crippen molar-refractivity contribution in [3.63, 3.8) is 0 Å². The van der Waals surface area contributed by atoms with Crippen LogP contribution in [0.15, 0.2) is 59.8 Å². The lowest BCUT2D eigenvalue weighted by Gasteiger charge is -2.03. The van der Waals surface area contributed by atoms with Gasteiger partial charge in [-0.1, -0.05) is 17.7 Å². The van der Waals surface area contributed by atoms with Crippen LogP contribution in [0.4, 0.5) is 0 Å². The average molecular weight is 327 g/mol. The van der Waals surface area contributed by atoms with E-state index in [1.165, 1.54) is 0 Å². The van der Waals surface area contributed by atoms with Crippen molar-refractivity contribution in [3.05, 3.63) is 65.3 Å². The molecule has 2 aromatic carbocycles. The molecule has 116 valence electrons. The topological polar surface area (TPSA) is 65.4 Å². The third kappa shape index (κ3) is 3.19. The molecule has 3 aromatic rings. The molecule has 0 saturated heterocycles. The summed E-state index contributed by atoms with van der Waals surface area (Å²) >= 11 is 6.05. The van der Waals surface area contributed by atoms with Gasteiger partial charge in [-0.3, -0.25) is 0 Å². The minimum absolute atomic E-state index is 0.651. The van der Waals surface area contributed by atoms with Crippen LogP contribution in [0.2, 0.25) is 5.02 Å². The first-order valence-electron chi connectivity index (χ1n) is 6.94. The van der Waals surface area contributed by atoms with Gasteiger partial charge in [-0.25, -0.2) is 4.68 Å². The highest BCUT2D eigenvalue weighted by molar-refractivity contribution is 6.30.